The standard InChI is InChI=1S/C25H34ClN3O5/c1-13(2)10-17(12-30)29-20(22(32)28-16-8-6-15(26)7-9-16)25-11-14(3)24(4,34-25)18(21(31)27-5)19(25)23(29)33/h6-9,13-14,17-20,30H,10-12H2,1-5H3,(H,27,31)(H,28,32)/t14?,17-,18+,19+,20?,24-,25?/m1/s1. The van der Waals surface area contributed by atoms with Crippen LogP contribution in [0.2, 0.25) is 5.02 Å². The van der Waals surface area contributed by atoms with Crippen LogP contribution in [0.5, 0.6) is 0 Å². The number of hydrogen-bond donors (Lipinski definition) is 3. The van der Waals surface area contributed by atoms with Gasteiger partial charge in [-0.05, 0) is 55.9 Å². The maximum atomic E-state index is 14.0. The van der Waals surface area contributed by atoms with E-state index in [2.05, 4.69) is 10.6 Å². The number of halogens is 1. The van der Waals surface area contributed by atoms with E-state index in [4.69, 9.17) is 16.3 Å². The van der Waals surface area contributed by atoms with Crippen molar-refractivity contribution in [3.63, 3.8) is 0 Å². The highest BCUT2D eigenvalue weighted by Gasteiger charge is 2.80. The van der Waals surface area contributed by atoms with Crippen molar-refractivity contribution in [1.82, 2.24) is 10.2 Å². The van der Waals surface area contributed by atoms with Gasteiger partial charge in [0.05, 0.1) is 30.1 Å². The van der Waals surface area contributed by atoms with Crippen molar-refractivity contribution < 1.29 is 24.2 Å². The molecule has 3 aliphatic rings. The Labute approximate surface area is 205 Å². The number of rotatable bonds is 7. The molecule has 3 heterocycles. The first-order chi connectivity index (χ1) is 16.0. The maximum absolute atomic E-state index is 14.0. The van der Waals surface area contributed by atoms with Crippen LogP contribution in [0.15, 0.2) is 24.3 Å². The summed E-state index contributed by atoms with van der Waals surface area (Å²) in [4.78, 5) is 42.4. The Hall–Kier alpha value is -2.16. The monoisotopic (exact) mass is 491 g/mol. The van der Waals surface area contributed by atoms with Crippen molar-refractivity contribution in [2.24, 2.45) is 23.7 Å². The Morgan fingerprint density at radius 1 is 1.26 bits per heavy atom. The van der Waals surface area contributed by atoms with Gasteiger partial charge in [0.2, 0.25) is 17.7 Å². The van der Waals surface area contributed by atoms with Crippen LogP contribution in [0, 0.1) is 23.7 Å². The average Bonchev–Trinajstić information content (AvgIpc) is 3.30. The lowest BCUT2D eigenvalue weighted by molar-refractivity contribution is -0.149. The molecule has 3 N–H and O–H groups in total. The van der Waals surface area contributed by atoms with Gasteiger partial charge in [-0.2, -0.15) is 0 Å². The van der Waals surface area contributed by atoms with Crippen molar-refractivity contribution in [3.8, 4) is 0 Å². The molecule has 3 fully saturated rings. The molecule has 34 heavy (non-hydrogen) atoms. The highest BCUT2D eigenvalue weighted by atomic mass is 35.5. The molecule has 7 atom stereocenters. The van der Waals surface area contributed by atoms with E-state index < -0.39 is 41.0 Å². The normalized spacial score (nSPS) is 34.9. The second-order valence-electron chi connectivity index (χ2n) is 10.5. The van der Waals surface area contributed by atoms with Gasteiger partial charge in [-0.15, -0.1) is 0 Å². The molecule has 9 heteroatoms. The van der Waals surface area contributed by atoms with E-state index in [-0.39, 0.29) is 30.3 Å². The van der Waals surface area contributed by atoms with E-state index in [0.717, 1.165) is 0 Å². The Morgan fingerprint density at radius 2 is 1.91 bits per heavy atom. The number of hydrogen-bond acceptors (Lipinski definition) is 5. The number of amides is 3. The molecule has 0 radical (unpaired) electrons. The zero-order chi connectivity index (χ0) is 25.0. The average molecular weight is 492 g/mol. The first kappa shape index (κ1) is 24.9. The van der Waals surface area contributed by atoms with Crippen molar-refractivity contribution in [2.45, 2.75) is 63.8 Å². The molecule has 186 valence electrons. The van der Waals surface area contributed by atoms with Crippen LogP contribution < -0.4 is 10.6 Å². The fraction of sp³-hybridized carbons (Fsp3) is 0.640. The van der Waals surface area contributed by atoms with Crippen LogP contribution in [0.1, 0.15) is 40.5 Å². The Bertz CT molecular complexity index is 985. The number of likely N-dealkylation sites (tertiary alicyclic amines) is 1. The number of benzene rings is 1. The zero-order valence-corrected chi connectivity index (χ0v) is 21.1. The number of aliphatic hydroxyl groups excluding tert-OH is 1. The van der Waals surface area contributed by atoms with Gasteiger partial charge < -0.3 is 25.4 Å². The van der Waals surface area contributed by atoms with Crippen molar-refractivity contribution in [3.05, 3.63) is 29.3 Å². The summed E-state index contributed by atoms with van der Waals surface area (Å²) < 4.78 is 6.62. The number of ether oxygens (including phenoxy) is 1. The second-order valence-corrected chi connectivity index (χ2v) is 11.0. The van der Waals surface area contributed by atoms with E-state index in [1.165, 1.54) is 4.90 Å². The third kappa shape index (κ3) is 3.62. The lowest BCUT2D eigenvalue weighted by Crippen LogP contribution is -2.56. The minimum atomic E-state index is -1.15. The molecule has 8 nitrogen and oxygen atoms in total. The quantitative estimate of drug-likeness (QED) is 0.543. The molecule has 3 unspecified atom stereocenters. The SMILES string of the molecule is CNC(=O)[C@@H]1[C@H]2C(=O)N([C@@H](CO)CC(C)C)C(C(=O)Nc3ccc(Cl)cc3)C23CC(C)[C@@]1(C)O3. The fourth-order valence-corrected chi connectivity index (χ4v) is 6.62. The third-order valence-corrected chi connectivity index (χ3v) is 8.24. The predicted molar refractivity (Wildman–Crippen MR) is 128 cm³/mol. The molecule has 0 aliphatic carbocycles. The molecule has 4 rings (SSSR count). The molecular formula is C25H34ClN3O5. The Balaban J connectivity index is 1.81. The number of fused-ring (bicyclic) bond motifs is 1. The highest BCUT2D eigenvalue weighted by molar-refractivity contribution is 6.30. The molecule has 0 aromatic heterocycles. The van der Waals surface area contributed by atoms with Gasteiger partial charge in [-0.1, -0.05) is 32.4 Å². The fourth-order valence-electron chi connectivity index (χ4n) is 6.49. The molecule has 1 spiro atoms. The molecule has 3 aliphatic heterocycles. The third-order valence-electron chi connectivity index (χ3n) is 7.99. The summed E-state index contributed by atoms with van der Waals surface area (Å²) in [6.07, 6.45) is 0.996. The first-order valence-corrected chi connectivity index (χ1v) is 12.3. The summed E-state index contributed by atoms with van der Waals surface area (Å²) in [6, 6.07) is 5.19. The minimum Gasteiger partial charge on any atom is -0.394 e. The highest BCUT2D eigenvalue weighted by Crippen LogP contribution is 2.65. The van der Waals surface area contributed by atoms with Gasteiger partial charge >= 0.3 is 0 Å². The molecule has 3 amide bonds. The Morgan fingerprint density at radius 3 is 2.47 bits per heavy atom. The summed E-state index contributed by atoms with van der Waals surface area (Å²) >= 11 is 5.99. The molecule has 0 saturated carbocycles. The lowest BCUT2D eigenvalue weighted by atomic mass is 9.62. The summed E-state index contributed by atoms with van der Waals surface area (Å²) in [5.41, 5.74) is -1.47. The van der Waals surface area contributed by atoms with Crippen molar-refractivity contribution in [1.29, 1.82) is 0 Å². The van der Waals surface area contributed by atoms with E-state index in [1.807, 2.05) is 27.7 Å². The van der Waals surface area contributed by atoms with Gasteiger partial charge in [0.25, 0.3) is 0 Å². The van der Waals surface area contributed by atoms with Gasteiger partial charge in [-0.3, -0.25) is 14.4 Å². The molecule has 2 bridgehead atoms. The Kier molecular flexibility index (Phi) is 6.46. The number of aliphatic hydroxyl groups is 1. The van der Waals surface area contributed by atoms with Crippen LogP contribution in [0.25, 0.3) is 0 Å². The summed E-state index contributed by atoms with van der Waals surface area (Å²) in [6.45, 7) is 7.59. The number of anilines is 1. The number of carbonyl (C=O) groups excluding carboxylic acids is 3. The number of nitrogens with one attached hydrogen (secondary N) is 2. The second kappa shape index (κ2) is 8.81. The smallest absolute Gasteiger partial charge is 0.250 e. The molecular weight excluding hydrogens is 458 g/mol. The summed E-state index contributed by atoms with van der Waals surface area (Å²) in [5, 5.41) is 16.4. The van der Waals surface area contributed by atoms with Crippen LogP contribution in [0.4, 0.5) is 5.69 Å². The van der Waals surface area contributed by atoms with E-state index in [0.29, 0.717) is 23.6 Å². The van der Waals surface area contributed by atoms with Gasteiger partial charge in [0.15, 0.2) is 0 Å². The van der Waals surface area contributed by atoms with Crippen LogP contribution in [-0.2, 0) is 19.1 Å². The topological polar surface area (TPSA) is 108 Å². The predicted octanol–water partition coefficient (Wildman–Crippen LogP) is 2.44. The molecule has 1 aromatic rings. The largest absolute Gasteiger partial charge is 0.394 e. The summed E-state index contributed by atoms with van der Waals surface area (Å²) in [7, 11) is 1.55. The van der Waals surface area contributed by atoms with Crippen molar-refractivity contribution in [2.75, 3.05) is 19.0 Å². The van der Waals surface area contributed by atoms with Crippen LogP contribution >= 0.6 is 11.6 Å². The number of nitrogens with zero attached hydrogens (tertiary/aromatic N) is 1. The molecule has 1 aromatic carbocycles. The van der Waals surface area contributed by atoms with Crippen LogP contribution in [0.3, 0.4) is 0 Å². The lowest BCUT2D eigenvalue weighted by Gasteiger charge is -2.37. The van der Waals surface area contributed by atoms with E-state index in [1.54, 1.807) is 31.3 Å². The van der Waals surface area contributed by atoms with E-state index in [9.17, 15) is 19.5 Å². The van der Waals surface area contributed by atoms with E-state index >= 15 is 0 Å². The first-order valence-electron chi connectivity index (χ1n) is 11.9. The van der Waals surface area contributed by atoms with Crippen molar-refractivity contribution >= 4 is 35.0 Å². The molecule has 3 saturated heterocycles. The maximum Gasteiger partial charge on any atom is 0.250 e. The van der Waals surface area contributed by atoms with Crippen LogP contribution in [-0.4, -0.2) is 64.7 Å². The van der Waals surface area contributed by atoms with Gasteiger partial charge in [0, 0.05) is 17.8 Å². The minimum absolute atomic E-state index is 0.0395. The zero-order valence-electron chi connectivity index (χ0n) is 20.3. The number of carbonyl (C=O) groups is 3. The summed E-state index contributed by atoms with van der Waals surface area (Å²) in [5.74, 6) is -2.33. The van der Waals surface area contributed by atoms with Gasteiger partial charge in [-0.25, -0.2) is 0 Å². The van der Waals surface area contributed by atoms with Gasteiger partial charge in [0.1, 0.15) is 11.6 Å².